The monoisotopic (exact) mass is 379 g/mol. The summed E-state index contributed by atoms with van der Waals surface area (Å²) in [6, 6.07) is 15.5. The lowest BCUT2D eigenvalue weighted by molar-refractivity contribution is 0.0117. The summed E-state index contributed by atoms with van der Waals surface area (Å²) < 4.78 is 13.3. The van der Waals surface area contributed by atoms with Crippen molar-refractivity contribution in [3.8, 4) is 5.69 Å². The number of ether oxygens (including phenoxy) is 1. The average molecular weight is 379 g/mol. The van der Waals surface area contributed by atoms with Gasteiger partial charge in [-0.25, -0.2) is 0 Å². The van der Waals surface area contributed by atoms with E-state index in [1.807, 2.05) is 72.4 Å². The Balaban J connectivity index is 1.43. The van der Waals surface area contributed by atoms with Crippen LogP contribution in [0.1, 0.15) is 27.9 Å². The fraction of sp³-hybridized carbons (Fsp3) is 0.318. The Morgan fingerprint density at radius 1 is 1.07 bits per heavy atom. The molecule has 2 aromatic heterocycles. The van der Waals surface area contributed by atoms with Crippen molar-refractivity contribution in [1.29, 1.82) is 0 Å². The van der Waals surface area contributed by atoms with Crippen LogP contribution in [0.15, 0.2) is 65.3 Å². The highest BCUT2D eigenvalue weighted by Gasteiger charge is 2.25. The van der Waals surface area contributed by atoms with E-state index < -0.39 is 0 Å². The zero-order chi connectivity index (χ0) is 19.3. The number of aryl methyl sites for hydroxylation is 1. The second-order valence-electron chi connectivity index (χ2n) is 6.96. The van der Waals surface area contributed by atoms with Gasteiger partial charge in [0.05, 0.1) is 19.3 Å². The zero-order valence-corrected chi connectivity index (χ0v) is 16.0. The number of rotatable bonds is 6. The maximum Gasteiger partial charge on any atom is 0.251 e. The van der Waals surface area contributed by atoms with Gasteiger partial charge in [0, 0.05) is 43.3 Å². The van der Waals surface area contributed by atoms with E-state index in [-0.39, 0.29) is 11.9 Å². The van der Waals surface area contributed by atoms with Gasteiger partial charge in [-0.1, -0.05) is 0 Å². The fourth-order valence-electron chi connectivity index (χ4n) is 3.51. The predicted molar refractivity (Wildman–Crippen MR) is 107 cm³/mol. The third-order valence-electron chi connectivity index (χ3n) is 5.06. The van der Waals surface area contributed by atoms with Crippen LogP contribution in [0.2, 0.25) is 0 Å². The minimum absolute atomic E-state index is 0.000646. The van der Waals surface area contributed by atoms with Crippen molar-refractivity contribution in [3.63, 3.8) is 0 Å². The van der Waals surface area contributed by atoms with Gasteiger partial charge in [-0.05, 0) is 55.5 Å². The molecular formula is C22H25N3O3. The van der Waals surface area contributed by atoms with Gasteiger partial charge >= 0.3 is 0 Å². The van der Waals surface area contributed by atoms with E-state index in [1.54, 1.807) is 0 Å². The first kappa shape index (κ1) is 18.5. The number of hydrogen-bond donors (Lipinski definition) is 1. The Bertz CT molecular complexity index is 894. The van der Waals surface area contributed by atoms with E-state index in [0.717, 1.165) is 30.3 Å². The van der Waals surface area contributed by atoms with Crippen LogP contribution < -0.4 is 5.32 Å². The first-order valence-electron chi connectivity index (χ1n) is 9.60. The summed E-state index contributed by atoms with van der Waals surface area (Å²) in [5.41, 5.74) is 1.67. The quantitative estimate of drug-likeness (QED) is 0.715. The molecule has 1 unspecified atom stereocenters. The summed E-state index contributed by atoms with van der Waals surface area (Å²) in [7, 11) is 0. The lowest BCUT2D eigenvalue weighted by atomic mass is 10.1. The van der Waals surface area contributed by atoms with Crippen molar-refractivity contribution in [3.05, 3.63) is 78.0 Å². The van der Waals surface area contributed by atoms with E-state index in [1.165, 1.54) is 0 Å². The van der Waals surface area contributed by atoms with E-state index in [2.05, 4.69) is 10.2 Å². The topological polar surface area (TPSA) is 59.6 Å². The predicted octanol–water partition coefficient (Wildman–Crippen LogP) is 3.18. The molecule has 0 aliphatic carbocycles. The number of carbonyl (C=O) groups is 1. The fourth-order valence-corrected chi connectivity index (χ4v) is 3.51. The minimum atomic E-state index is -0.0828. The molecule has 0 saturated carbocycles. The number of carbonyl (C=O) groups excluding carboxylic acids is 1. The molecule has 1 aliphatic heterocycles. The second-order valence-corrected chi connectivity index (χ2v) is 6.96. The molecule has 3 heterocycles. The lowest BCUT2D eigenvalue weighted by Crippen LogP contribution is -2.43. The van der Waals surface area contributed by atoms with Crippen LogP contribution in [0.3, 0.4) is 0 Å². The Kier molecular flexibility index (Phi) is 5.60. The number of hydrogen-bond acceptors (Lipinski definition) is 4. The van der Waals surface area contributed by atoms with E-state index in [0.29, 0.717) is 25.3 Å². The first-order chi connectivity index (χ1) is 13.7. The van der Waals surface area contributed by atoms with Gasteiger partial charge in [-0.3, -0.25) is 9.69 Å². The van der Waals surface area contributed by atoms with Crippen molar-refractivity contribution < 1.29 is 13.9 Å². The maximum atomic E-state index is 12.7. The molecular weight excluding hydrogens is 354 g/mol. The standard InChI is InChI=1S/C22H25N3O3/c1-17-4-9-21(28-17)20(25-12-14-27-15-13-25)16-23-22(26)18-5-7-19(8-6-18)24-10-2-3-11-24/h2-11,20H,12-16H2,1H3,(H,23,26). The third kappa shape index (κ3) is 4.18. The molecule has 0 bridgehead atoms. The third-order valence-corrected chi connectivity index (χ3v) is 5.06. The summed E-state index contributed by atoms with van der Waals surface area (Å²) in [4.78, 5) is 15.0. The first-order valence-corrected chi connectivity index (χ1v) is 9.60. The summed E-state index contributed by atoms with van der Waals surface area (Å²) in [6.07, 6.45) is 3.96. The summed E-state index contributed by atoms with van der Waals surface area (Å²) >= 11 is 0. The average Bonchev–Trinajstić information content (AvgIpc) is 3.41. The molecule has 1 aromatic carbocycles. The summed E-state index contributed by atoms with van der Waals surface area (Å²) in [5.74, 6) is 1.67. The van der Waals surface area contributed by atoms with Crippen molar-refractivity contribution >= 4 is 5.91 Å². The van der Waals surface area contributed by atoms with Gasteiger partial charge in [0.25, 0.3) is 5.91 Å². The highest BCUT2D eigenvalue weighted by Crippen LogP contribution is 2.23. The van der Waals surface area contributed by atoms with Crippen molar-refractivity contribution in [2.45, 2.75) is 13.0 Å². The van der Waals surface area contributed by atoms with E-state index in [4.69, 9.17) is 9.15 Å². The van der Waals surface area contributed by atoms with E-state index >= 15 is 0 Å². The van der Waals surface area contributed by atoms with Crippen LogP contribution in [0, 0.1) is 6.92 Å². The Morgan fingerprint density at radius 3 is 2.43 bits per heavy atom. The molecule has 4 rings (SSSR count). The van der Waals surface area contributed by atoms with Gasteiger partial charge in [0.2, 0.25) is 0 Å². The molecule has 28 heavy (non-hydrogen) atoms. The number of amides is 1. The number of nitrogens with one attached hydrogen (secondary N) is 1. The molecule has 1 aliphatic rings. The highest BCUT2D eigenvalue weighted by molar-refractivity contribution is 5.94. The lowest BCUT2D eigenvalue weighted by Gasteiger charge is -2.33. The maximum absolute atomic E-state index is 12.7. The molecule has 6 nitrogen and oxygen atoms in total. The van der Waals surface area contributed by atoms with Gasteiger partial charge in [0.1, 0.15) is 11.5 Å². The molecule has 1 fully saturated rings. The van der Waals surface area contributed by atoms with Gasteiger partial charge in [0.15, 0.2) is 0 Å². The molecule has 146 valence electrons. The van der Waals surface area contributed by atoms with Crippen LogP contribution in [0.5, 0.6) is 0 Å². The molecule has 3 aromatic rings. The highest BCUT2D eigenvalue weighted by atomic mass is 16.5. The SMILES string of the molecule is Cc1ccc(C(CNC(=O)c2ccc(-n3cccc3)cc2)N2CCOCC2)o1. The van der Waals surface area contributed by atoms with Crippen LogP contribution >= 0.6 is 0 Å². The number of morpholine rings is 1. The molecule has 1 N–H and O–H groups in total. The number of aromatic nitrogens is 1. The molecule has 1 saturated heterocycles. The van der Waals surface area contributed by atoms with Crippen LogP contribution in [0.25, 0.3) is 5.69 Å². The smallest absolute Gasteiger partial charge is 0.251 e. The van der Waals surface area contributed by atoms with Crippen LogP contribution in [-0.2, 0) is 4.74 Å². The summed E-state index contributed by atoms with van der Waals surface area (Å²) in [6.45, 7) is 5.48. The van der Waals surface area contributed by atoms with E-state index in [9.17, 15) is 4.79 Å². The van der Waals surface area contributed by atoms with Gasteiger partial charge < -0.3 is 19.0 Å². The van der Waals surface area contributed by atoms with Crippen molar-refractivity contribution in [1.82, 2.24) is 14.8 Å². The second kappa shape index (κ2) is 8.46. The number of nitrogens with zero attached hydrogens (tertiary/aromatic N) is 2. The largest absolute Gasteiger partial charge is 0.465 e. The molecule has 1 atom stereocenters. The summed E-state index contributed by atoms with van der Waals surface area (Å²) in [5, 5.41) is 3.07. The van der Waals surface area contributed by atoms with Gasteiger partial charge in [-0.15, -0.1) is 0 Å². The Hall–Kier alpha value is -2.83. The Labute approximate surface area is 164 Å². The molecule has 0 spiro atoms. The molecule has 1 amide bonds. The zero-order valence-electron chi connectivity index (χ0n) is 16.0. The normalized spacial score (nSPS) is 16.0. The van der Waals surface area contributed by atoms with Crippen LogP contribution in [-0.4, -0.2) is 48.2 Å². The minimum Gasteiger partial charge on any atom is -0.465 e. The molecule has 0 radical (unpaired) electrons. The number of benzene rings is 1. The van der Waals surface area contributed by atoms with Crippen molar-refractivity contribution in [2.24, 2.45) is 0 Å². The van der Waals surface area contributed by atoms with Crippen molar-refractivity contribution in [2.75, 3.05) is 32.8 Å². The van der Waals surface area contributed by atoms with Crippen LogP contribution in [0.4, 0.5) is 0 Å². The number of furan rings is 1. The Morgan fingerprint density at radius 2 is 1.79 bits per heavy atom. The van der Waals surface area contributed by atoms with Gasteiger partial charge in [-0.2, -0.15) is 0 Å². The molecule has 6 heteroatoms.